The number of piperidine rings is 1. The molecule has 0 unspecified atom stereocenters. The fourth-order valence-corrected chi connectivity index (χ4v) is 5.73. The maximum absolute atomic E-state index is 13.0. The maximum atomic E-state index is 13.0. The lowest BCUT2D eigenvalue weighted by Gasteiger charge is -2.42. The van der Waals surface area contributed by atoms with Gasteiger partial charge in [0.2, 0.25) is 0 Å². The molecular weight excluding hydrogens is 449 g/mol. The third kappa shape index (κ3) is 4.89. The van der Waals surface area contributed by atoms with Gasteiger partial charge in [-0.15, -0.1) is 0 Å². The van der Waals surface area contributed by atoms with Crippen molar-refractivity contribution in [1.29, 1.82) is 0 Å². The zero-order chi connectivity index (χ0) is 22.9. The van der Waals surface area contributed by atoms with Gasteiger partial charge >= 0.3 is 15.5 Å². The zero-order valence-corrected chi connectivity index (χ0v) is 18.3. The second-order valence-electron chi connectivity index (χ2n) is 8.60. The molecule has 3 aliphatic heterocycles. The highest BCUT2D eigenvalue weighted by Gasteiger charge is 2.49. The first-order valence-corrected chi connectivity index (χ1v) is 12.4. The second-order valence-corrected chi connectivity index (χ2v) is 10.3. The number of nitrogens with one attached hydrogen (secondary N) is 1. The Bertz CT molecular complexity index is 932. The van der Waals surface area contributed by atoms with Crippen LogP contribution >= 0.6 is 0 Å². The SMILES string of the molecule is O=C1COc2ccccc2[C@H]2CC[C@H](CC2)OC[C@H]2[C@@H](NS(=O)(=O)C(F)(F)F)CCCN12. The van der Waals surface area contributed by atoms with Crippen molar-refractivity contribution in [1.82, 2.24) is 9.62 Å². The molecule has 7 nitrogen and oxygen atoms in total. The normalized spacial score (nSPS) is 29.7. The Labute approximate surface area is 185 Å². The molecule has 1 aromatic carbocycles. The van der Waals surface area contributed by atoms with E-state index in [1.165, 1.54) is 4.90 Å². The van der Waals surface area contributed by atoms with Crippen molar-refractivity contribution in [2.45, 2.75) is 68.1 Å². The van der Waals surface area contributed by atoms with Crippen LogP contribution in [-0.2, 0) is 19.6 Å². The predicted molar refractivity (Wildman–Crippen MR) is 110 cm³/mol. The van der Waals surface area contributed by atoms with Crippen LogP contribution in [0.25, 0.3) is 0 Å². The van der Waals surface area contributed by atoms with Crippen LogP contribution in [0, 0.1) is 0 Å². The molecule has 1 saturated heterocycles. The summed E-state index contributed by atoms with van der Waals surface area (Å²) in [5.74, 6) is 0.513. The first kappa shape index (κ1) is 23.3. The van der Waals surface area contributed by atoms with Gasteiger partial charge in [0.05, 0.1) is 18.8 Å². The van der Waals surface area contributed by atoms with Gasteiger partial charge in [-0.1, -0.05) is 18.2 Å². The molecule has 1 N–H and O–H groups in total. The Balaban J connectivity index is 1.60. The van der Waals surface area contributed by atoms with E-state index in [0.717, 1.165) is 31.2 Å². The second kappa shape index (κ2) is 9.18. The summed E-state index contributed by atoms with van der Waals surface area (Å²) in [6, 6.07) is 5.65. The summed E-state index contributed by atoms with van der Waals surface area (Å²) < 4.78 is 76.1. The van der Waals surface area contributed by atoms with Crippen molar-refractivity contribution >= 4 is 15.9 Å². The first-order valence-electron chi connectivity index (χ1n) is 10.9. The van der Waals surface area contributed by atoms with Gasteiger partial charge in [-0.25, -0.2) is 13.1 Å². The number of halogens is 3. The molecule has 178 valence electrons. The molecule has 2 atom stereocenters. The largest absolute Gasteiger partial charge is 0.511 e. The van der Waals surface area contributed by atoms with E-state index >= 15 is 0 Å². The number of nitrogens with zero attached hydrogens (tertiary/aromatic N) is 1. The molecule has 1 aliphatic carbocycles. The summed E-state index contributed by atoms with van der Waals surface area (Å²) in [4.78, 5) is 14.4. The van der Waals surface area contributed by atoms with E-state index < -0.39 is 33.5 Å². The van der Waals surface area contributed by atoms with Gasteiger partial charge in [-0.3, -0.25) is 4.79 Å². The van der Waals surface area contributed by atoms with Crippen molar-refractivity contribution in [3.8, 4) is 5.75 Å². The molecule has 11 heteroatoms. The topological polar surface area (TPSA) is 84.9 Å². The van der Waals surface area contributed by atoms with Crippen LogP contribution in [0.5, 0.6) is 5.75 Å². The number of hydrogen-bond donors (Lipinski definition) is 1. The van der Waals surface area contributed by atoms with Crippen LogP contribution in [0.2, 0.25) is 0 Å². The van der Waals surface area contributed by atoms with Gasteiger partial charge in [0.1, 0.15) is 5.75 Å². The highest BCUT2D eigenvalue weighted by atomic mass is 32.2. The number of alkyl halides is 3. The Kier molecular flexibility index (Phi) is 6.69. The lowest BCUT2D eigenvalue weighted by atomic mass is 9.82. The number of fused-ring (bicyclic) bond motifs is 5. The minimum atomic E-state index is -5.55. The van der Waals surface area contributed by atoms with Gasteiger partial charge in [0.25, 0.3) is 5.91 Å². The van der Waals surface area contributed by atoms with Gasteiger partial charge in [0, 0.05) is 12.6 Å². The molecule has 2 fully saturated rings. The number of carbonyl (C=O) groups excluding carboxylic acids is 1. The number of para-hydroxylation sites is 1. The van der Waals surface area contributed by atoms with Crippen molar-refractivity contribution in [3.05, 3.63) is 29.8 Å². The maximum Gasteiger partial charge on any atom is 0.511 e. The Morgan fingerprint density at radius 2 is 1.78 bits per heavy atom. The quantitative estimate of drug-likeness (QED) is 0.710. The summed E-state index contributed by atoms with van der Waals surface area (Å²) >= 11 is 0. The van der Waals surface area contributed by atoms with E-state index in [9.17, 15) is 26.4 Å². The number of benzene rings is 1. The van der Waals surface area contributed by atoms with E-state index in [0.29, 0.717) is 18.7 Å². The van der Waals surface area contributed by atoms with Crippen LogP contribution in [0.1, 0.15) is 50.0 Å². The monoisotopic (exact) mass is 476 g/mol. The Morgan fingerprint density at radius 1 is 1.06 bits per heavy atom. The Hall–Kier alpha value is -1.85. The van der Waals surface area contributed by atoms with Crippen molar-refractivity contribution < 1.29 is 35.9 Å². The molecule has 1 saturated carbocycles. The number of rotatable bonds is 2. The van der Waals surface area contributed by atoms with Crippen molar-refractivity contribution in [2.75, 3.05) is 19.8 Å². The lowest BCUT2D eigenvalue weighted by Crippen LogP contribution is -2.60. The van der Waals surface area contributed by atoms with E-state index in [1.54, 1.807) is 4.72 Å². The summed E-state index contributed by atoms with van der Waals surface area (Å²) in [7, 11) is -5.55. The molecule has 3 heterocycles. The van der Waals surface area contributed by atoms with E-state index in [2.05, 4.69) is 0 Å². The zero-order valence-electron chi connectivity index (χ0n) is 17.5. The smallest absolute Gasteiger partial charge is 0.483 e. The minimum Gasteiger partial charge on any atom is -0.483 e. The molecule has 0 aromatic heterocycles. The van der Waals surface area contributed by atoms with Crippen LogP contribution in [0.15, 0.2) is 24.3 Å². The van der Waals surface area contributed by atoms with Crippen LogP contribution in [-0.4, -0.2) is 62.7 Å². The van der Waals surface area contributed by atoms with Gasteiger partial charge < -0.3 is 14.4 Å². The third-order valence-electron chi connectivity index (χ3n) is 6.60. The summed E-state index contributed by atoms with van der Waals surface area (Å²) in [5.41, 5.74) is -4.38. The average Bonchev–Trinajstić information content (AvgIpc) is 2.77. The van der Waals surface area contributed by atoms with E-state index in [4.69, 9.17) is 9.47 Å². The molecule has 1 amide bonds. The predicted octanol–water partition coefficient (Wildman–Crippen LogP) is 2.92. The number of carbonyl (C=O) groups is 1. The fraction of sp³-hybridized carbons (Fsp3) is 0.667. The van der Waals surface area contributed by atoms with Gasteiger partial charge in [0.15, 0.2) is 6.61 Å². The molecule has 1 aromatic rings. The van der Waals surface area contributed by atoms with Crippen molar-refractivity contribution in [2.24, 2.45) is 0 Å². The minimum absolute atomic E-state index is 0.0287. The molecular formula is C21H27F3N2O5S. The molecule has 0 radical (unpaired) electrons. The lowest BCUT2D eigenvalue weighted by molar-refractivity contribution is -0.140. The molecule has 32 heavy (non-hydrogen) atoms. The highest BCUT2D eigenvalue weighted by molar-refractivity contribution is 7.90. The van der Waals surface area contributed by atoms with Crippen molar-refractivity contribution in [3.63, 3.8) is 0 Å². The number of sulfonamides is 1. The molecule has 2 bridgehead atoms. The number of hydrogen-bond acceptors (Lipinski definition) is 5. The highest BCUT2D eigenvalue weighted by Crippen LogP contribution is 2.39. The summed E-state index contributed by atoms with van der Waals surface area (Å²) in [6.45, 7) is -0.00310. The third-order valence-corrected chi connectivity index (χ3v) is 7.82. The molecule has 5 rings (SSSR count). The van der Waals surface area contributed by atoms with Crippen LogP contribution in [0.3, 0.4) is 0 Å². The number of ether oxygens (including phenoxy) is 2. The molecule has 0 spiro atoms. The summed E-state index contributed by atoms with van der Waals surface area (Å²) in [6.07, 6.45) is 3.77. The van der Waals surface area contributed by atoms with Gasteiger partial charge in [-0.2, -0.15) is 13.2 Å². The Morgan fingerprint density at radius 3 is 2.50 bits per heavy atom. The van der Waals surface area contributed by atoms with E-state index in [-0.39, 0.29) is 31.7 Å². The summed E-state index contributed by atoms with van der Waals surface area (Å²) in [5, 5.41) is 0. The first-order chi connectivity index (χ1) is 15.2. The van der Waals surface area contributed by atoms with Crippen LogP contribution in [0.4, 0.5) is 13.2 Å². The average molecular weight is 477 g/mol. The van der Waals surface area contributed by atoms with E-state index in [1.807, 2.05) is 24.3 Å². The number of amides is 1. The fourth-order valence-electron chi connectivity index (χ4n) is 4.92. The molecule has 4 aliphatic rings. The van der Waals surface area contributed by atoms with Gasteiger partial charge in [-0.05, 0) is 56.1 Å². The van der Waals surface area contributed by atoms with Crippen LogP contribution < -0.4 is 9.46 Å². The standard InChI is InChI=1S/C21H27F3N2O5S/c22-21(23,24)32(28,29)25-17-5-3-11-26-18(17)12-30-15-9-7-14(8-10-15)16-4-1-2-6-19(16)31-13-20(26)27/h1-2,4,6,14-15,17-18,25H,3,5,7-13H2/t14-,15+,17-,18-/m0/s1.